The predicted octanol–water partition coefficient (Wildman–Crippen LogP) is 3.98. The van der Waals surface area contributed by atoms with E-state index in [-0.39, 0.29) is 11.4 Å². The van der Waals surface area contributed by atoms with Gasteiger partial charge in [-0.2, -0.15) is 0 Å². The Bertz CT molecular complexity index is 664. The Hall–Kier alpha value is -2.02. The molecule has 0 saturated heterocycles. The fraction of sp³-hybridized carbons (Fsp3) is 0. The molecule has 2 aromatic carbocycles. The number of nitrogens with zero attached hydrogens (tertiary/aromatic N) is 1. The molecular weight excluding hydrogens is 305 g/mol. The molecule has 2 rings (SSSR count). The van der Waals surface area contributed by atoms with Gasteiger partial charge in [0.15, 0.2) is 0 Å². The van der Waals surface area contributed by atoms with Gasteiger partial charge in [0.2, 0.25) is 0 Å². The van der Waals surface area contributed by atoms with Crippen molar-refractivity contribution in [2.24, 2.45) is 5.84 Å². The highest BCUT2D eigenvalue weighted by Crippen LogP contribution is 2.32. The van der Waals surface area contributed by atoms with Crippen LogP contribution in [0.5, 0.6) is 11.5 Å². The van der Waals surface area contributed by atoms with Crippen LogP contribution < -0.4 is 16.0 Å². The Kier molecular flexibility index (Phi) is 4.29. The molecule has 0 saturated carbocycles. The van der Waals surface area contributed by atoms with Crippen LogP contribution in [-0.4, -0.2) is 4.92 Å². The summed E-state index contributed by atoms with van der Waals surface area (Å²) in [5.41, 5.74) is 2.55. The van der Waals surface area contributed by atoms with E-state index in [1.54, 1.807) is 12.1 Å². The summed E-state index contributed by atoms with van der Waals surface area (Å²) in [6, 6.07) is 8.78. The average molecular weight is 314 g/mol. The highest BCUT2D eigenvalue weighted by molar-refractivity contribution is 6.42. The van der Waals surface area contributed by atoms with Crippen LogP contribution in [0.25, 0.3) is 0 Å². The summed E-state index contributed by atoms with van der Waals surface area (Å²) < 4.78 is 5.50. The first-order valence-corrected chi connectivity index (χ1v) is 6.14. The number of non-ortho nitro benzene ring substituents is 1. The number of nitro benzene ring substituents is 1. The zero-order valence-electron chi connectivity index (χ0n) is 9.97. The van der Waals surface area contributed by atoms with Crippen molar-refractivity contribution in [2.75, 3.05) is 5.43 Å². The van der Waals surface area contributed by atoms with Gasteiger partial charge in [-0.05, 0) is 12.1 Å². The monoisotopic (exact) mass is 313 g/mol. The van der Waals surface area contributed by atoms with E-state index in [1.807, 2.05) is 0 Å². The molecule has 104 valence electrons. The summed E-state index contributed by atoms with van der Waals surface area (Å²) in [5, 5.41) is 11.5. The Morgan fingerprint density at radius 2 is 1.85 bits per heavy atom. The summed E-state index contributed by atoms with van der Waals surface area (Å²) in [6.07, 6.45) is 0. The highest BCUT2D eigenvalue weighted by atomic mass is 35.5. The van der Waals surface area contributed by atoms with Gasteiger partial charge in [0.25, 0.3) is 5.69 Å². The van der Waals surface area contributed by atoms with Gasteiger partial charge in [0.1, 0.15) is 11.5 Å². The van der Waals surface area contributed by atoms with E-state index < -0.39 is 4.92 Å². The van der Waals surface area contributed by atoms with E-state index in [4.69, 9.17) is 33.8 Å². The lowest BCUT2D eigenvalue weighted by Gasteiger charge is -2.08. The summed E-state index contributed by atoms with van der Waals surface area (Å²) in [5.74, 6) is 5.92. The van der Waals surface area contributed by atoms with Crippen molar-refractivity contribution in [3.05, 3.63) is 56.6 Å². The summed E-state index contributed by atoms with van der Waals surface area (Å²) in [6.45, 7) is 0. The molecule has 0 bridgehead atoms. The molecule has 0 aliphatic heterocycles. The van der Waals surface area contributed by atoms with Crippen molar-refractivity contribution in [3.63, 3.8) is 0 Å². The van der Waals surface area contributed by atoms with Gasteiger partial charge < -0.3 is 10.2 Å². The third kappa shape index (κ3) is 3.30. The number of nitrogens with two attached hydrogens (primary N) is 1. The van der Waals surface area contributed by atoms with Crippen LogP contribution in [0, 0.1) is 10.1 Å². The van der Waals surface area contributed by atoms with Crippen LogP contribution in [0.3, 0.4) is 0 Å². The standard InChI is InChI=1S/C12H9Cl2N3O3/c13-11-2-1-9(6-12(11)14)20-10-4-7(16-15)3-8(5-10)17(18)19/h1-6,16H,15H2. The van der Waals surface area contributed by atoms with Crippen molar-refractivity contribution < 1.29 is 9.66 Å². The zero-order chi connectivity index (χ0) is 14.7. The van der Waals surface area contributed by atoms with Gasteiger partial charge in [0, 0.05) is 18.2 Å². The van der Waals surface area contributed by atoms with E-state index in [0.717, 1.165) is 0 Å². The van der Waals surface area contributed by atoms with Crippen molar-refractivity contribution in [1.29, 1.82) is 0 Å². The third-order valence-corrected chi connectivity index (χ3v) is 3.13. The molecule has 0 aliphatic rings. The van der Waals surface area contributed by atoms with Crippen LogP contribution in [0.1, 0.15) is 0 Å². The number of hydrogen-bond donors (Lipinski definition) is 2. The molecule has 0 aliphatic carbocycles. The molecule has 0 fully saturated rings. The normalized spacial score (nSPS) is 10.2. The van der Waals surface area contributed by atoms with Crippen molar-refractivity contribution in [1.82, 2.24) is 0 Å². The number of nitrogen functional groups attached to an aromatic ring is 1. The fourth-order valence-corrected chi connectivity index (χ4v) is 1.80. The van der Waals surface area contributed by atoms with Gasteiger partial charge in [-0.15, -0.1) is 0 Å². The molecule has 20 heavy (non-hydrogen) atoms. The van der Waals surface area contributed by atoms with Crippen LogP contribution >= 0.6 is 23.2 Å². The second-order valence-electron chi connectivity index (χ2n) is 3.80. The van der Waals surface area contributed by atoms with E-state index in [2.05, 4.69) is 5.43 Å². The molecule has 2 aromatic rings. The Morgan fingerprint density at radius 3 is 2.45 bits per heavy atom. The minimum absolute atomic E-state index is 0.143. The Balaban J connectivity index is 2.34. The molecule has 3 N–H and O–H groups in total. The van der Waals surface area contributed by atoms with Crippen LogP contribution in [0.2, 0.25) is 10.0 Å². The lowest BCUT2D eigenvalue weighted by molar-refractivity contribution is -0.384. The van der Waals surface area contributed by atoms with Crippen LogP contribution in [0.15, 0.2) is 36.4 Å². The lowest BCUT2D eigenvalue weighted by Crippen LogP contribution is -2.07. The van der Waals surface area contributed by atoms with Crippen molar-refractivity contribution in [2.45, 2.75) is 0 Å². The molecule has 0 aromatic heterocycles. The summed E-state index contributed by atoms with van der Waals surface area (Å²) in [4.78, 5) is 10.3. The third-order valence-electron chi connectivity index (χ3n) is 2.40. The molecule has 8 heteroatoms. The van der Waals surface area contributed by atoms with Gasteiger partial charge in [-0.3, -0.25) is 16.0 Å². The van der Waals surface area contributed by atoms with E-state index in [1.165, 1.54) is 24.3 Å². The highest BCUT2D eigenvalue weighted by Gasteiger charge is 2.11. The van der Waals surface area contributed by atoms with Gasteiger partial charge in [0.05, 0.1) is 26.7 Å². The van der Waals surface area contributed by atoms with E-state index >= 15 is 0 Å². The van der Waals surface area contributed by atoms with Gasteiger partial charge in [-0.1, -0.05) is 23.2 Å². The number of rotatable bonds is 4. The van der Waals surface area contributed by atoms with Gasteiger partial charge >= 0.3 is 0 Å². The number of nitro groups is 1. The van der Waals surface area contributed by atoms with Crippen molar-refractivity contribution >= 4 is 34.6 Å². The second-order valence-corrected chi connectivity index (χ2v) is 4.61. The number of hydrogen-bond acceptors (Lipinski definition) is 5. The first kappa shape index (κ1) is 14.4. The van der Waals surface area contributed by atoms with Crippen LogP contribution in [0.4, 0.5) is 11.4 Å². The number of halogens is 2. The predicted molar refractivity (Wildman–Crippen MR) is 77.4 cm³/mol. The first-order valence-electron chi connectivity index (χ1n) is 5.38. The molecule has 0 spiro atoms. The Labute approximate surface area is 124 Å². The lowest BCUT2D eigenvalue weighted by atomic mass is 10.2. The number of benzene rings is 2. The fourth-order valence-electron chi connectivity index (χ4n) is 1.51. The zero-order valence-corrected chi connectivity index (χ0v) is 11.5. The quantitative estimate of drug-likeness (QED) is 0.506. The maximum Gasteiger partial charge on any atom is 0.275 e. The van der Waals surface area contributed by atoms with Crippen molar-refractivity contribution in [3.8, 4) is 11.5 Å². The summed E-state index contributed by atoms with van der Waals surface area (Å²) >= 11 is 11.7. The molecule has 0 heterocycles. The molecular formula is C12H9Cl2N3O3. The largest absolute Gasteiger partial charge is 0.457 e. The SMILES string of the molecule is NNc1cc(Oc2ccc(Cl)c(Cl)c2)cc([N+](=O)[O-])c1. The molecule has 0 atom stereocenters. The summed E-state index contributed by atoms with van der Waals surface area (Å²) in [7, 11) is 0. The minimum atomic E-state index is -0.539. The maximum atomic E-state index is 10.8. The molecule has 6 nitrogen and oxygen atoms in total. The molecule has 0 radical (unpaired) electrons. The first-order chi connectivity index (χ1) is 9.49. The smallest absolute Gasteiger partial charge is 0.275 e. The molecule has 0 amide bonds. The number of ether oxygens (including phenoxy) is 1. The number of nitrogens with one attached hydrogen (secondary N) is 1. The topological polar surface area (TPSA) is 90.4 Å². The van der Waals surface area contributed by atoms with E-state index in [9.17, 15) is 10.1 Å². The molecule has 0 unspecified atom stereocenters. The number of hydrazine groups is 1. The Morgan fingerprint density at radius 1 is 1.10 bits per heavy atom. The number of anilines is 1. The minimum Gasteiger partial charge on any atom is -0.457 e. The van der Waals surface area contributed by atoms with Gasteiger partial charge in [-0.25, -0.2) is 0 Å². The average Bonchev–Trinajstić information content (AvgIpc) is 2.42. The second kappa shape index (κ2) is 5.96. The van der Waals surface area contributed by atoms with Crippen LogP contribution in [-0.2, 0) is 0 Å². The van der Waals surface area contributed by atoms with E-state index in [0.29, 0.717) is 21.5 Å². The maximum absolute atomic E-state index is 10.8.